The van der Waals surface area contributed by atoms with Crippen LogP contribution in [0.15, 0.2) is 60.7 Å². The van der Waals surface area contributed by atoms with Gasteiger partial charge in [-0.15, -0.1) is 0 Å². The van der Waals surface area contributed by atoms with Gasteiger partial charge in [0.05, 0.1) is 6.10 Å². The van der Waals surface area contributed by atoms with Crippen molar-refractivity contribution in [2.75, 3.05) is 0 Å². The number of aliphatic hydroxyl groups is 1. The molecule has 0 heterocycles. The lowest BCUT2D eigenvalue weighted by Crippen LogP contribution is -2.34. The first-order chi connectivity index (χ1) is 9.03. The predicted molar refractivity (Wildman–Crippen MR) is 78.6 cm³/mol. The van der Waals surface area contributed by atoms with Crippen molar-refractivity contribution < 1.29 is 5.11 Å². The number of aliphatic hydroxyl groups excluding tert-OH is 1. The smallest absolute Gasteiger partial charge is 0.0859 e. The lowest BCUT2D eigenvalue weighted by atomic mass is 9.74. The molecule has 2 aromatic rings. The molecule has 2 nitrogen and oxygen atoms in total. The standard InChI is InChI=1S/C17H21NO/c1-17(2,15(18)13-9-5-3-6-10-13)16(19)14-11-7-4-8-12-14/h3-12,15-16,19H,18H2,1-2H3. The molecule has 0 spiro atoms. The van der Waals surface area contributed by atoms with Crippen molar-refractivity contribution in [3.63, 3.8) is 0 Å². The summed E-state index contributed by atoms with van der Waals surface area (Å²) in [5.74, 6) is 0. The Morgan fingerprint density at radius 2 is 1.26 bits per heavy atom. The number of rotatable bonds is 4. The molecule has 2 unspecified atom stereocenters. The molecule has 2 atom stereocenters. The van der Waals surface area contributed by atoms with Crippen LogP contribution in [-0.2, 0) is 0 Å². The molecule has 2 heteroatoms. The maximum absolute atomic E-state index is 10.6. The van der Waals surface area contributed by atoms with Crippen molar-refractivity contribution >= 4 is 0 Å². The molecule has 2 rings (SSSR count). The number of hydrogen-bond acceptors (Lipinski definition) is 2. The summed E-state index contributed by atoms with van der Waals surface area (Å²) in [6.45, 7) is 4.00. The van der Waals surface area contributed by atoms with Crippen molar-refractivity contribution in [1.82, 2.24) is 0 Å². The molecular weight excluding hydrogens is 234 g/mol. The minimum Gasteiger partial charge on any atom is -0.388 e. The average Bonchev–Trinajstić information content (AvgIpc) is 2.47. The van der Waals surface area contributed by atoms with Crippen molar-refractivity contribution in [2.24, 2.45) is 11.1 Å². The number of hydrogen-bond donors (Lipinski definition) is 2. The van der Waals surface area contributed by atoms with E-state index in [4.69, 9.17) is 5.73 Å². The van der Waals surface area contributed by atoms with Crippen LogP contribution in [-0.4, -0.2) is 5.11 Å². The Morgan fingerprint density at radius 1 is 0.842 bits per heavy atom. The maximum Gasteiger partial charge on any atom is 0.0859 e. The zero-order valence-electron chi connectivity index (χ0n) is 11.5. The van der Waals surface area contributed by atoms with Gasteiger partial charge in [-0.05, 0) is 11.1 Å². The van der Waals surface area contributed by atoms with E-state index in [1.165, 1.54) is 0 Å². The topological polar surface area (TPSA) is 46.2 Å². The molecule has 0 bridgehead atoms. The van der Waals surface area contributed by atoms with Crippen LogP contribution in [0.1, 0.15) is 37.1 Å². The van der Waals surface area contributed by atoms with Crippen molar-refractivity contribution in [2.45, 2.75) is 26.0 Å². The Balaban J connectivity index is 2.27. The van der Waals surface area contributed by atoms with Gasteiger partial charge in [0.25, 0.3) is 0 Å². The zero-order chi connectivity index (χ0) is 13.9. The lowest BCUT2D eigenvalue weighted by molar-refractivity contribution is 0.0297. The molecule has 0 amide bonds. The monoisotopic (exact) mass is 255 g/mol. The van der Waals surface area contributed by atoms with Gasteiger partial charge in [0.2, 0.25) is 0 Å². The van der Waals surface area contributed by atoms with E-state index in [9.17, 15) is 5.11 Å². The molecule has 0 aliphatic heterocycles. The molecule has 0 saturated carbocycles. The molecule has 2 aromatic carbocycles. The second kappa shape index (κ2) is 5.55. The Hall–Kier alpha value is -1.64. The third kappa shape index (κ3) is 2.86. The first kappa shape index (κ1) is 13.8. The molecule has 3 N–H and O–H groups in total. The predicted octanol–water partition coefficient (Wildman–Crippen LogP) is 3.45. The number of benzene rings is 2. The minimum absolute atomic E-state index is 0.219. The molecule has 0 aliphatic rings. The van der Waals surface area contributed by atoms with E-state index in [1.54, 1.807) is 0 Å². The summed E-state index contributed by atoms with van der Waals surface area (Å²) in [7, 11) is 0. The van der Waals surface area contributed by atoms with Crippen molar-refractivity contribution in [1.29, 1.82) is 0 Å². The Labute approximate surface area is 114 Å². The average molecular weight is 255 g/mol. The fourth-order valence-electron chi connectivity index (χ4n) is 2.32. The fourth-order valence-corrected chi connectivity index (χ4v) is 2.32. The van der Waals surface area contributed by atoms with Gasteiger partial charge in [0.15, 0.2) is 0 Å². The van der Waals surface area contributed by atoms with Crippen LogP contribution >= 0.6 is 0 Å². The van der Waals surface area contributed by atoms with Gasteiger partial charge in [-0.1, -0.05) is 74.5 Å². The summed E-state index contributed by atoms with van der Waals surface area (Å²) in [6.07, 6.45) is -0.594. The second-order valence-electron chi connectivity index (χ2n) is 5.52. The van der Waals surface area contributed by atoms with Crippen LogP contribution in [0.3, 0.4) is 0 Å². The molecule has 0 aliphatic carbocycles. The summed E-state index contributed by atoms with van der Waals surface area (Å²) in [5.41, 5.74) is 7.85. The van der Waals surface area contributed by atoms with Gasteiger partial charge >= 0.3 is 0 Å². The second-order valence-corrected chi connectivity index (χ2v) is 5.52. The van der Waals surface area contributed by atoms with Gasteiger partial charge in [0.1, 0.15) is 0 Å². The van der Waals surface area contributed by atoms with E-state index >= 15 is 0 Å². The molecule has 0 radical (unpaired) electrons. The van der Waals surface area contributed by atoms with Crippen LogP contribution in [0.2, 0.25) is 0 Å². The Bertz CT molecular complexity index is 460. The maximum atomic E-state index is 10.6. The first-order valence-electron chi connectivity index (χ1n) is 6.57. The molecule has 0 aromatic heterocycles. The van der Waals surface area contributed by atoms with Crippen LogP contribution in [0.25, 0.3) is 0 Å². The summed E-state index contributed by atoms with van der Waals surface area (Å²) < 4.78 is 0. The van der Waals surface area contributed by atoms with Gasteiger partial charge in [-0.2, -0.15) is 0 Å². The summed E-state index contributed by atoms with van der Waals surface area (Å²) in [5, 5.41) is 10.6. The van der Waals surface area contributed by atoms with Crippen LogP contribution in [0, 0.1) is 5.41 Å². The van der Waals surface area contributed by atoms with Gasteiger partial charge in [0, 0.05) is 11.5 Å². The van der Waals surface area contributed by atoms with E-state index in [0.29, 0.717) is 0 Å². The molecule has 0 saturated heterocycles. The minimum atomic E-state index is -0.594. The van der Waals surface area contributed by atoms with Crippen LogP contribution in [0.5, 0.6) is 0 Å². The van der Waals surface area contributed by atoms with E-state index in [0.717, 1.165) is 11.1 Å². The van der Waals surface area contributed by atoms with Gasteiger partial charge in [-0.3, -0.25) is 0 Å². The summed E-state index contributed by atoms with van der Waals surface area (Å²) in [4.78, 5) is 0. The van der Waals surface area contributed by atoms with E-state index in [-0.39, 0.29) is 6.04 Å². The highest BCUT2D eigenvalue weighted by atomic mass is 16.3. The molecule has 100 valence electrons. The quantitative estimate of drug-likeness (QED) is 0.879. The Morgan fingerprint density at radius 3 is 1.74 bits per heavy atom. The Kier molecular flexibility index (Phi) is 4.03. The van der Waals surface area contributed by atoms with Crippen LogP contribution < -0.4 is 5.73 Å². The van der Waals surface area contributed by atoms with E-state index in [1.807, 2.05) is 74.5 Å². The van der Waals surface area contributed by atoms with Crippen LogP contribution in [0.4, 0.5) is 0 Å². The summed E-state index contributed by atoms with van der Waals surface area (Å²) in [6, 6.07) is 19.4. The normalized spacial score (nSPS) is 14.9. The zero-order valence-corrected chi connectivity index (χ0v) is 11.5. The third-order valence-electron chi connectivity index (χ3n) is 3.78. The summed E-state index contributed by atoms with van der Waals surface area (Å²) >= 11 is 0. The fraction of sp³-hybridized carbons (Fsp3) is 0.294. The van der Waals surface area contributed by atoms with E-state index < -0.39 is 11.5 Å². The molecular formula is C17H21NO. The third-order valence-corrected chi connectivity index (χ3v) is 3.78. The van der Waals surface area contributed by atoms with Crippen molar-refractivity contribution in [3.05, 3.63) is 71.8 Å². The molecule has 0 fully saturated rings. The highest BCUT2D eigenvalue weighted by Crippen LogP contribution is 2.42. The van der Waals surface area contributed by atoms with Gasteiger partial charge < -0.3 is 10.8 Å². The first-order valence-corrected chi connectivity index (χ1v) is 6.57. The largest absolute Gasteiger partial charge is 0.388 e. The SMILES string of the molecule is CC(C)(C(N)c1ccccc1)C(O)c1ccccc1. The lowest BCUT2D eigenvalue weighted by Gasteiger charge is -2.36. The highest BCUT2D eigenvalue weighted by molar-refractivity contribution is 5.25. The highest BCUT2D eigenvalue weighted by Gasteiger charge is 2.35. The number of nitrogens with two attached hydrogens (primary N) is 1. The van der Waals surface area contributed by atoms with Gasteiger partial charge in [-0.25, -0.2) is 0 Å². The van der Waals surface area contributed by atoms with Crippen molar-refractivity contribution in [3.8, 4) is 0 Å². The molecule has 19 heavy (non-hydrogen) atoms. The van der Waals surface area contributed by atoms with E-state index in [2.05, 4.69) is 0 Å².